The number of nitrogens with one attached hydrogen (secondary N) is 1. The van der Waals surface area contributed by atoms with Crippen LogP contribution in [0, 0.1) is 20.8 Å². The molecule has 3 heterocycles. The Morgan fingerprint density at radius 1 is 0.917 bits per heavy atom. The quantitative estimate of drug-likeness (QED) is 0.330. The maximum Gasteiger partial charge on any atom is 0.174 e. The van der Waals surface area contributed by atoms with Crippen LogP contribution in [0.5, 0.6) is 11.5 Å². The van der Waals surface area contributed by atoms with Crippen LogP contribution in [-0.2, 0) is 0 Å². The molecule has 0 bridgehead atoms. The highest BCUT2D eigenvalue weighted by Gasteiger charge is 2.43. The number of ether oxygens (including phenoxy) is 2. The molecule has 1 N–H and O–H groups in total. The van der Waals surface area contributed by atoms with Gasteiger partial charge in [0.05, 0.1) is 37.7 Å². The highest BCUT2D eigenvalue weighted by atomic mass is 32.1. The van der Waals surface area contributed by atoms with E-state index in [4.69, 9.17) is 21.7 Å². The third kappa shape index (κ3) is 4.09. The molecule has 1 fully saturated rings. The fourth-order valence-corrected chi connectivity index (χ4v) is 5.43. The molecule has 0 spiro atoms. The van der Waals surface area contributed by atoms with Crippen LogP contribution in [-0.4, -0.2) is 28.9 Å². The van der Waals surface area contributed by atoms with Gasteiger partial charge in [-0.05, 0) is 81.0 Å². The summed E-state index contributed by atoms with van der Waals surface area (Å²) in [6, 6.07) is 22.4. The Hall–Kier alpha value is -3.84. The first kappa shape index (κ1) is 23.9. The fourth-order valence-electron chi connectivity index (χ4n) is 5.09. The predicted octanol–water partition coefficient (Wildman–Crippen LogP) is 5.99. The lowest BCUT2D eigenvalue weighted by Gasteiger charge is -2.29. The van der Waals surface area contributed by atoms with Crippen molar-refractivity contribution in [3.63, 3.8) is 0 Å². The maximum absolute atomic E-state index is 5.93. The van der Waals surface area contributed by atoms with Gasteiger partial charge in [0, 0.05) is 29.3 Å². The third-order valence-corrected chi connectivity index (χ3v) is 7.14. The summed E-state index contributed by atoms with van der Waals surface area (Å²) in [7, 11) is 3.32. The van der Waals surface area contributed by atoms with Crippen LogP contribution in [0.15, 0.2) is 72.9 Å². The van der Waals surface area contributed by atoms with Crippen LogP contribution in [0.2, 0.25) is 0 Å². The molecule has 1 saturated heterocycles. The van der Waals surface area contributed by atoms with E-state index in [0.29, 0.717) is 10.9 Å². The SMILES string of the molecule is COc1ccc(N2C(=S)N[C@H](c3ccccn3)[C@@H]2c2cc(C)n(-c3ccc(C)cc3)c2C)c(OC)c1. The second-order valence-corrected chi connectivity index (χ2v) is 9.42. The van der Waals surface area contributed by atoms with Gasteiger partial charge in [0.15, 0.2) is 5.11 Å². The number of aryl methyl sites for hydroxylation is 2. The zero-order chi connectivity index (χ0) is 25.4. The molecule has 1 aliphatic rings. The summed E-state index contributed by atoms with van der Waals surface area (Å²) in [6.07, 6.45) is 1.82. The Morgan fingerprint density at radius 3 is 2.36 bits per heavy atom. The second kappa shape index (κ2) is 9.66. The summed E-state index contributed by atoms with van der Waals surface area (Å²) in [5.41, 5.74) is 7.67. The van der Waals surface area contributed by atoms with Crippen LogP contribution in [0.25, 0.3) is 5.69 Å². The van der Waals surface area contributed by atoms with Crippen molar-refractivity contribution in [1.82, 2.24) is 14.9 Å². The number of methoxy groups -OCH3 is 2. The minimum atomic E-state index is -0.141. The summed E-state index contributed by atoms with van der Waals surface area (Å²) < 4.78 is 13.5. The number of anilines is 1. The highest BCUT2D eigenvalue weighted by molar-refractivity contribution is 7.80. The van der Waals surface area contributed by atoms with E-state index in [0.717, 1.165) is 34.2 Å². The van der Waals surface area contributed by atoms with Gasteiger partial charge in [0.1, 0.15) is 11.5 Å². The molecule has 5 rings (SSSR count). The number of rotatable bonds is 6. The number of nitrogens with zero attached hydrogens (tertiary/aromatic N) is 3. The molecule has 0 amide bonds. The Kier molecular flexibility index (Phi) is 6.41. The zero-order valence-corrected chi connectivity index (χ0v) is 22.0. The minimum Gasteiger partial charge on any atom is -0.497 e. The Balaban J connectivity index is 1.69. The van der Waals surface area contributed by atoms with Gasteiger partial charge in [0.2, 0.25) is 0 Å². The van der Waals surface area contributed by atoms with Gasteiger partial charge in [-0.2, -0.15) is 0 Å². The lowest BCUT2D eigenvalue weighted by molar-refractivity contribution is 0.394. The molecule has 2 aromatic heterocycles. The topological polar surface area (TPSA) is 51.5 Å². The van der Waals surface area contributed by atoms with Crippen LogP contribution in [0.3, 0.4) is 0 Å². The first-order valence-corrected chi connectivity index (χ1v) is 12.3. The smallest absolute Gasteiger partial charge is 0.174 e. The summed E-state index contributed by atoms with van der Waals surface area (Å²) in [5.74, 6) is 1.42. The van der Waals surface area contributed by atoms with Crippen LogP contribution >= 0.6 is 12.2 Å². The number of hydrogen-bond donors (Lipinski definition) is 1. The molecule has 2 aromatic carbocycles. The average molecular weight is 499 g/mol. The van der Waals surface area contributed by atoms with Crippen molar-refractivity contribution in [2.24, 2.45) is 0 Å². The molecule has 6 nitrogen and oxygen atoms in total. The largest absolute Gasteiger partial charge is 0.497 e. The minimum absolute atomic E-state index is 0.139. The van der Waals surface area contributed by atoms with Crippen molar-refractivity contribution in [3.8, 4) is 17.2 Å². The number of pyridine rings is 1. The van der Waals surface area contributed by atoms with Gasteiger partial charge in [-0.1, -0.05) is 23.8 Å². The van der Waals surface area contributed by atoms with E-state index < -0.39 is 0 Å². The summed E-state index contributed by atoms with van der Waals surface area (Å²) >= 11 is 5.93. The molecule has 0 unspecified atom stereocenters. The number of aromatic nitrogens is 2. The number of hydrogen-bond acceptors (Lipinski definition) is 4. The van der Waals surface area contributed by atoms with Gasteiger partial charge < -0.3 is 24.3 Å². The van der Waals surface area contributed by atoms with Crippen molar-refractivity contribution in [2.45, 2.75) is 32.9 Å². The van der Waals surface area contributed by atoms with E-state index in [1.807, 2.05) is 42.6 Å². The number of thiocarbonyl (C=S) groups is 1. The van der Waals surface area contributed by atoms with Gasteiger partial charge in [-0.3, -0.25) is 4.98 Å². The third-order valence-electron chi connectivity index (χ3n) is 6.83. The number of benzene rings is 2. The summed E-state index contributed by atoms with van der Waals surface area (Å²) in [4.78, 5) is 6.84. The Bertz CT molecular complexity index is 1400. The maximum atomic E-state index is 5.93. The van der Waals surface area contributed by atoms with E-state index in [-0.39, 0.29) is 12.1 Å². The molecule has 36 heavy (non-hydrogen) atoms. The summed E-state index contributed by atoms with van der Waals surface area (Å²) in [6.45, 7) is 6.42. The normalized spacial score (nSPS) is 17.2. The Morgan fingerprint density at radius 2 is 1.69 bits per heavy atom. The lowest BCUT2D eigenvalue weighted by atomic mass is 9.96. The van der Waals surface area contributed by atoms with Gasteiger partial charge in [0.25, 0.3) is 0 Å². The first-order valence-electron chi connectivity index (χ1n) is 11.9. The molecule has 7 heteroatoms. The molecule has 0 saturated carbocycles. The van der Waals surface area contributed by atoms with E-state index in [9.17, 15) is 0 Å². The van der Waals surface area contributed by atoms with Gasteiger partial charge in [-0.15, -0.1) is 0 Å². The zero-order valence-electron chi connectivity index (χ0n) is 21.1. The van der Waals surface area contributed by atoms with E-state index in [1.165, 1.54) is 11.1 Å². The van der Waals surface area contributed by atoms with Crippen LogP contribution in [0.4, 0.5) is 5.69 Å². The molecule has 0 aliphatic carbocycles. The van der Waals surface area contributed by atoms with Crippen molar-refractivity contribution in [2.75, 3.05) is 19.1 Å². The average Bonchev–Trinajstić information content (AvgIpc) is 3.39. The Labute approximate surface area is 217 Å². The molecule has 1 aliphatic heterocycles. The summed E-state index contributed by atoms with van der Waals surface area (Å²) in [5, 5.41) is 4.17. The molecule has 0 radical (unpaired) electrons. The van der Waals surface area contributed by atoms with Crippen molar-refractivity contribution >= 4 is 23.0 Å². The molecular weight excluding hydrogens is 468 g/mol. The lowest BCUT2D eigenvalue weighted by Crippen LogP contribution is -2.30. The van der Waals surface area contributed by atoms with Crippen LogP contribution < -0.4 is 19.7 Å². The molecular formula is C29H30N4O2S. The van der Waals surface area contributed by atoms with E-state index in [2.05, 4.69) is 70.9 Å². The monoisotopic (exact) mass is 498 g/mol. The van der Waals surface area contributed by atoms with Crippen molar-refractivity contribution in [1.29, 1.82) is 0 Å². The standard InChI is InChI=1S/C29H30N4O2S/c1-18-9-11-21(12-10-18)32-19(2)16-23(20(32)3)28-27(24-8-6-7-15-30-24)31-29(36)33(28)25-14-13-22(34-4)17-26(25)35-5/h6-17,27-28H,1-5H3,(H,31,36)/t27-,28+/m1/s1. The predicted molar refractivity (Wildman–Crippen MR) is 147 cm³/mol. The van der Waals surface area contributed by atoms with Gasteiger partial charge in [-0.25, -0.2) is 0 Å². The van der Waals surface area contributed by atoms with Crippen molar-refractivity contribution < 1.29 is 9.47 Å². The van der Waals surface area contributed by atoms with E-state index in [1.54, 1.807) is 14.2 Å². The van der Waals surface area contributed by atoms with E-state index >= 15 is 0 Å². The molecule has 184 valence electrons. The second-order valence-electron chi connectivity index (χ2n) is 9.03. The van der Waals surface area contributed by atoms with Gasteiger partial charge >= 0.3 is 0 Å². The highest BCUT2D eigenvalue weighted by Crippen LogP contribution is 2.46. The fraction of sp³-hybridized carbons (Fsp3) is 0.241. The van der Waals surface area contributed by atoms with Crippen molar-refractivity contribution in [3.05, 3.63) is 101 Å². The van der Waals surface area contributed by atoms with Crippen LogP contribution in [0.1, 0.15) is 40.3 Å². The molecule has 2 atom stereocenters. The molecule has 4 aromatic rings. The first-order chi connectivity index (χ1) is 17.4.